The Morgan fingerprint density at radius 1 is 1.00 bits per heavy atom. The third-order valence-corrected chi connectivity index (χ3v) is 3.01. The molecule has 0 aromatic heterocycles. The maximum Gasteiger partial charge on any atom is 0.166 e. The second-order valence-electron chi connectivity index (χ2n) is 4.22. The second-order valence-corrected chi connectivity index (χ2v) is 4.22. The molecular formula is C15H9F4NO. The zero-order valence-electron chi connectivity index (χ0n) is 10.8. The molecule has 2 rings (SSSR count). The molecule has 0 amide bonds. The minimum absolute atomic E-state index is 0.108. The Bertz CT molecular complexity index is 681. The van der Waals surface area contributed by atoms with Crippen LogP contribution in [0.25, 0.3) is 0 Å². The monoisotopic (exact) mass is 295 g/mol. The maximum atomic E-state index is 13.8. The molecule has 0 saturated heterocycles. The highest BCUT2D eigenvalue weighted by molar-refractivity contribution is 5.42. The fourth-order valence-corrected chi connectivity index (χ4v) is 1.95. The van der Waals surface area contributed by atoms with Gasteiger partial charge in [0.05, 0.1) is 18.7 Å². The Kier molecular flexibility index (Phi) is 4.13. The highest BCUT2D eigenvalue weighted by Gasteiger charge is 2.27. The van der Waals surface area contributed by atoms with Crippen molar-refractivity contribution < 1.29 is 22.3 Å². The van der Waals surface area contributed by atoms with E-state index >= 15 is 0 Å². The van der Waals surface area contributed by atoms with Crippen LogP contribution in [0.15, 0.2) is 30.3 Å². The van der Waals surface area contributed by atoms with Gasteiger partial charge in [-0.1, -0.05) is 12.1 Å². The van der Waals surface area contributed by atoms with Crippen LogP contribution in [0.4, 0.5) is 17.6 Å². The minimum atomic E-state index is -1.57. The summed E-state index contributed by atoms with van der Waals surface area (Å²) in [7, 11) is 1.43. The SMILES string of the molecule is COc1ccc(C(C#N)c2c(F)c(F)cc(F)c2F)cc1. The smallest absolute Gasteiger partial charge is 0.166 e. The molecule has 21 heavy (non-hydrogen) atoms. The van der Waals surface area contributed by atoms with E-state index < -0.39 is 34.8 Å². The third kappa shape index (κ3) is 2.68. The summed E-state index contributed by atoms with van der Waals surface area (Å²) in [5.41, 5.74) is -0.749. The molecule has 0 spiro atoms. The third-order valence-electron chi connectivity index (χ3n) is 3.01. The number of benzene rings is 2. The lowest BCUT2D eigenvalue weighted by molar-refractivity contribution is 0.414. The van der Waals surface area contributed by atoms with Crippen LogP contribution < -0.4 is 4.74 Å². The van der Waals surface area contributed by atoms with Crippen LogP contribution in [-0.4, -0.2) is 7.11 Å². The molecule has 2 aromatic carbocycles. The van der Waals surface area contributed by atoms with Gasteiger partial charge in [-0.05, 0) is 17.7 Å². The maximum absolute atomic E-state index is 13.8. The topological polar surface area (TPSA) is 33.0 Å². The van der Waals surface area contributed by atoms with Crippen molar-refractivity contribution >= 4 is 0 Å². The molecule has 6 heteroatoms. The predicted molar refractivity (Wildman–Crippen MR) is 66.7 cm³/mol. The first-order chi connectivity index (χ1) is 9.99. The van der Waals surface area contributed by atoms with E-state index in [0.29, 0.717) is 5.75 Å². The Morgan fingerprint density at radius 3 is 1.95 bits per heavy atom. The zero-order chi connectivity index (χ0) is 15.6. The molecule has 0 fully saturated rings. The van der Waals surface area contributed by atoms with Crippen LogP contribution in [0.3, 0.4) is 0 Å². The van der Waals surface area contributed by atoms with Crippen molar-refractivity contribution in [2.75, 3.05) is 7.11 Å². The number of ether oxygens (including phenoxy) is 1. The lowest BCUT2D eigenvalue weighted by Gasteiger charge is -2.13. The molecule has 2 nitrogen and oxygen atoms in total. The van der Waals surface area contributed by atoms with E-state index in [2.05, 4.69) is 0 Å². The fourth-order valence-electron chi connectivity index (χ4n) is 1.95. The number of rotatable bonds is 3. The summed E-state index contributed by atoms with van der Waals surface area (Å²) < 4.78 is 58.9. The van der Waals surface area contributed by atoms with Gasteiger partial charge in [0.2, 0.25) is 0 Å². The van der Waals surface area contributed by atoms with Gasteiger partial charge in [0.15, 0.2) is 23.3 Å². The van der Waals surface area contributed by atoms with Gasteiger partial charge < -0.3 is 4.74 Å². The van der Waals surface area contributed by atoms with Gasteiger partial charge >= 0.3 is 0 Å². The Hall–Kier alpha value is -2.55. The summed E-state index contributed by atoms with van der Waals surface area (Å²) in [6.07, 6.45) is 0. The fraction of sp³-hybridized carbons (Fsp3) is 0.133. The van der Waals surface area contributed by atoms with Crippen molar-refractivity contribution in [1.82, 2.24) is 0 Å². The van der Waals surface area contributed by atoms with Crippen LogP contribution >= 0.6 is 0 Å². The van der Waals surface area contributed by atoms with Crippen molar-refractivity contribution in [3.8, 4) is 11.8 Å². The standard InChI is InChI=1S/C15H9F4NO/c1-21-9-4-2-8(3-5-9)10(7-20)13-14(18)11(16)6-12(17)15(13)19/h2-6,10H,1H3. The van der Waals surface area contributed by atoms with Crippen molar-refractivity contribution in [2.45, 2.75) is 5.92 Å². The lowest BCUT2D eigenvalue weighted by atomic mass is 9.91. The van der Waals surface area contributed by atoms with Crippen LogP contribution in [0.2, 0.25) is 0 Å². The minimum Gasteiger partial charge on any atom is -0.497 e. The van der Waals surface area contributed by atoms with E-state index in [9.17, 15) is 17.6 Å². The largest absolute Gasteiger partial charge is 0.497 e. The Labute approximate surface area is 118 Å². The normalized spacial score (nSPS) is 11.8. The molecular weight excluding hydrogens is 286 g/mol. The first-order valence-corrected chi connectivity index (χ1v) is 5.86. The van der Waals surface area contributed by atoms with Gasteiger partial charge in [-0.15, -0.1) is 0 Å². The molecule has 0 heterocycles. The molecule has 0 bridgehead atoms. The molecule has 0 radical (unpaired) electrons. The molecule has 2 aromatic rings. The summed E-state index contributed by atoms with van der Waals surface area (Å²) in [6, 6.07) is 7.51. The highest BCUT2D eigenvalue weighted by Crippen LogP contribution is 2.31. The zero-order valence-corrected chi connectivity index (χ0v) is 10.8. The average Bonchev–Trinajstić information content (AvgIpc) is 2.50. The number of hydrogen-bond donors (Lipinski definition) is 0. The van der Waals surface area contributed by atoms with E-state index in [1.54, 1.807) is 6.07 Å². The molecule has 108 valence electrons. The van der Waals surface area contributed by atoms with Crippen molar-refractivity contribution in [3.05, 3.63) is 64.7 Å². The van der Waals surface area contributed by atoms with Gasteiger partial charge in [-0.3, -0.25) is 0 Å². The second kappa shape index (κ2) is 5.83. The highest BCUT2D eigenvalue weighted by atomic mass is 19.2. The van der Waals surface area contributed by atoms with Gasteiger partial charge in [0.25, 0.3) is 0 Å². The van der Waals surface area contributed by atoms with Crippen molar-refractivity contribution in [3.63, 3.8) is 0 Å². The van der Waals surface area contributed by atoms with Crippen molar-refractivity contribution in [1.29, 1.82) is 5.26 Å². The lowest BCUT2D eigenvalue weighted by Crippen LogP contribution is -2.09. The summed E-state index contributed by atoms with van der Waals surface area (Å²) >= 11 is 0. The quantitative estimate of drug-likeness (QED) is 0.635. The molecule has 0 saturated carbocycles. The van der Waals surface area contributed by atoms with Gasteiger partial charge in [-0.2, -0.15) is 5.26 Å². The molecule has 1 atom stereocenters. The average molecular weight is 295 g/mol. The van der Waals surface area contributed by atoms with Crippen molar-refractivity contribution in [2.24, 2.45) is 0 Å². The number of nitriles is 1. The first-order valence-electron chi connectivity index (χ1n) is 5.86. The van der Waals surface area contributed by atoms with E-state index in [1.165, 1.54) is 31.4 Å². The summed E-state index contributed by atoms with van der Waals surface area (Å²) in [4.78, 5) is 0. The van der Waals surface area contributed by atoms with E-state index in [1.807, 2.05) is 0 Å². The first kappa shape index (κ1) is 14.9. The Balaban J connectivity index is 2.59. The Morgan fingerprint density at radius 2 is 1.52 bits per heavy atom. The van der Waals surface area contributed by atoms with Crippen LogP contribution in [-0.2, 0) is 0 Å². The van der Waals surface area contributed by atoms with Crippen LogP contribution in [0.1, 0.15) is 17.0 Å². The summed E-state index contributed by atoms with van der Waals surface area (Å²) in [5, 5.41) is 9.13. The number of methoxy groups -OCH3 is 1. The molecule has 0 aliphatic heterocycles. The van der Waals surface area contributed by atoms with Crippen LogP contribution in [0, 0.1) is 34.6 Å². The summed E-state index contributed by atoms with van der Waals surface area (Å²) in [6.45, 7) is 0. The number of nitrogens with zero attached hydrogens (tertiary/aromatic N) is 1. The molecule has 0 aliphatic carbocycles. The van der Waals surface area contributed by atoms with E-state index in [4.69, 9.17) is 10.00 Å². The van der Waals surface area contributed by atoms with Crippen LogP contribution in [0.5, 0.6) is 5.75 Å². The van der Waals surface area contributed by atoms with Gasteiger partial charge in [0.1, 0.15) is 11.7 Å². The summed E-state index contributed by atoms with van der Waals surface area (Å²) in [5.74, 6) is -7.23. The van der Waals surface area contributed by atoms with E-state index in [-0.39, 0.29) is 11.6 Å². The number of hydrogen-bond acceptors (Lipinski definition) is 2. The van der Waals surface area contributed by atoms with Gasteiger partial charge in [0, 0.05) is 6.07 Å². The van der Waals surface area contributed by atoms with E-state index in [0.717, 1.165) is 0 Å². The molecule has 0 aliphatic rings. The number of halogens is 4. The molecule has 1 unspecified atom stereocenters. The predicted octanol–water partition coefficient (Wildman–Crippen LogP) is 3.91. The van der Waals surface area contributed by atoms with Gasteiger partial charge in [-0.25, -0.2) is 17.6 Å². The molecule has 0 N–H and O–H groups in total.